The molecule has 1 heterocycles. The van der Waals surface area contributed by atoms with E-state index in [9.17, 15) is 4.79 Å². The molecule has 19 heavy (non-hydrogen) atoms. The van der Waals surface area contributed by atoms with Crippen molar-refractivity contribution in [1.29, 1.82) is 0 Å². The van der Waals surface area contributed by atoms with Crippen LogP contribution in [0.2, 0.25) is 0 Å². The number of rotatable bonds is 4. The smallest absolute Gasteiger partial charge is 0.260 e. The second-order valence-corrected chi connectivity index (χ2v) is 5.11. The lowest BCUT2D eigenvalue weighted by Crippen LogP contribution is -2.43. The predicted octanol–water partition coefficient (Wildman–Crippen LogP) is 1.15. The molecule has 1 aliphatic rings. The van der Waals surface area contributed by atoms with E-state index in [4.69, 9.17) is 15.2 Å². The Morgan fingerprint density at radius 2 is 2.16 bits per heavy atom. The zero-order chi connectivity index (χ0) is 13.7. The highest BCUT2D eigenvalue weighted by molar-refractivity contribution is 9.10. The molecule has 0 unspecified atom stereocenters. The Balaban J connectivity index is 1.89. The fourth-order valence-corrected chi connectivity index (χ4v) is 2.37. The summed E-state index contributed by atoms with van der Waals surface area (Å²) in [5, 5.41) is 0. The van der Waals surface area contributed by atoms with Crippen molar-refractivity contribution < 1.29 is 14.3 Å². The van der Waals surface area contributed by atoms with E-state index in [2.05, 4.69) is 15.9 Å². The van der Waals surface area contributed by atoms with Crippen LogP contribution in [0.5, 0.6) is 5.75 Å². The molecule has 0 aromatic heterocycles. The summed E-state index contributed by atoms with van der Waals surface area (Å²) < 4.78 is 11.5. The van der Waals surface area contributed by atoms with Crippen LogP contribution in [0.15, 0.2) is 22.7 Å². The highest BCUT2D eigenvalue weighted by Gasteiger charge is 2.17. The predicted molar refractivity (Wildman–Crippen MR) is 74.9 cm³/mol. The standard InChI is InChI=1S/C13H17BrN2O3/c14-11-7-10(8-15)1-2-12(11)19-9-13(17)16-3-5-18-6-4-16/h1-2,7H,3-6,8-9,15H2. The molecule has 1 saturated heterocycles. The minimum Gasteiger partial charge on any atom is -0.483 e. The zero-order valence-electron chi connectivity index (χ0n) is 10.6. The topological polar surface area (TPSA) is 64.8 Å². The average Bonchev–Trinajstić information content (AvgIpc) is 2.46. The number of carbonyl (C=O) groups excluding carboxylic acids is 1. The number of carbonyl (C=O) groups is 1. The molecule has 6 heteroatoms. The summed E-state index contributed by atoms with van der Waals surface area (Å²) in [5.74, 6) is 0.636. The minimum absolute atomic E-state index is 0.0156. The molecule has 1 aromatic carbocycles. The van der Waals surface area contributed by atoms with Crippen LogP contribution in [0.4, 0.5) is 0 Å². The highest BCUT2D eigenvalue weighted by atomic mass is 79.9. The van der Waals surface area contributed by atoms with E-state index >= 15 is 0 Å². The van der Waals surface area contributed by atoms with Gasteiger partial charge < -0.3 is 20.1 Å². The molecule has 5 nitrogen and oxygen atoms in total. The summed E-state index contributed by atoms with van der Waals surface area (Å²) in [6.45, 7) is 2.98. The first kappa shape index (κ1) is 14.3. The van der Waals surface area contributed by atoms with Crippen molar-refractivity contribution in [3.8, 4) is 5.75 Å². The van der Waals surface area contributed by atoms with Crippen LogP contribution >= 0.6 is 15.9 Å². The molecule has 2 rings (SSSR count). The fraction of sp³-hybridized carbons (Fsp3) is 0.462. The maximum absolute atomic E-state index is 11.9. The molecular weight excluding hydrogens is 312 g/mol. The number of nitrogens with zero attached hydrogens (tertiary/aromatic N) is 1. The van der Waals surface area contributed by atoms with Gasteiger partial charge in [0.05, 0.1) is 17.7 Å². The third-order valence-electron chi connectivity index (χ3n) is 2.95. The lowest BCUT2D eigenvalue weighted by molar-refractivity contribution is -0.137. The van der Waals surface area contributed by atoms with Crippen molar-refractivity contribution in [2.24, 2.45) is 5.73 Å². The molecule has 2 N–H and O–H groups in total. The van der Waals surface area contributed by atoms with Crippen LogP contribution in [-0.2, 0) is 16.1 Å². The lowest BCUT2D eigenvalue weighted by Gasteiger charge is -2.26. The molecule has 0 bridgehead atoms. The molecule has 1 amide bonds. The molecule has 0 saturated carbocycles. The molecule has 0 aliphatic carbocycles. The van der Waals surface area contributed by atoms with Gasteiger partial charge in [0.15, 0.2) is 6.61 Å². The van der Waals surface area contributed by atoms with E-state index in [1.165, 1.54) is 0 Å². The first-order chi connectivity index (χ1) is 9.20. The second kappa shape index (κ2) is 6.88. The van der Waals surface area contributed by atoms with Gasteiger partial charge in [0.1, 0.15) is 5.75 Å². The maximum Gasteiger partial charge on any atom is 0.260 e. The fourth-order valence-electron chi connectivity index (χ4n) is 1.83. The minimum atomic E-state index is -0.0156. The Morgan fingerprint density at radius 1 is 1.42 bits per heavy atom. The van der Waals surface area contributed by atoms with Crippen LogP contribution in [0.1, 0.15) is 5.56 Å². The number of hydrogen-bond acceptors (Lipinski definition) is 4. The lowest BCUT2D eigenvalue weighted by atomic mass is 10.2. The maximum atomic E-state index is 11.9. The number of halogens is 1. The Kier molecular flexibility index (Phi) is 5.18. The number of amides is 1. The summed E-state index contributed by atoms with van der Waals surface area (Å²) in [6.07, 6.45) is 0. The number of morpholine rings is 1. The van der Waals surface area contributed by atoms with Crippen LogP contribution in [0.3, 0.4) is 0 Å². The van der Waals surface area contributed by atoms with Gasteiger partial charge in [0.2, 0.25) is 0 Å². The van der Waals surface area contributed by atoms with E-state index < -0.39 is 0 Å². The van der Waals surface area contributed by atoms with Gasteiger partial charge in [-0.2, -0.15) is 0 Å². The van der Waals surface area contributed by atoms with E-state index in [1.807, 2.05) is 18.2 Å². The van der Waals surface area contributed by atoms with E-state index in [0.29, 0.717) is 38.6 Å². The Bertz CT molecular complexity index is 448. The van der Waals surface area contributed by atoms with E-state index in [-0.39, 0.29) is 12.5 Å². The van der Waals surface area contributed by atoms with Crippen molar-refractivity contribution in [2.75, 3.05) is 32.9 Å². The zero-order valence-corrected chi connectivity index (χ0v) is 12.2. The quantitative estimate of drug-likeness (QED) is 0.900. The number of ether oxygens (including phenoxy) is 2. The van der Waals surface area contributed by atoms with Crippen LogP contribution in [0, 0.1) is 0 Å². The monoisotopic (exact) mass is 328 g/mol. The molecule has 0 radical (unpaired) electrons. The third kappa shape index (κ3) is 3.92. The van der Waals surface area contributed by atoms with Crippen molar-refractivity contribution in [1.82, 2.24) is 4.90 Å². The Morgan fingerprint density at radius 3 is 2.79 bits per heavy atom. The largest absolute Gasteiger partial charge is 0.483 e. The summed E-state index contributed by atoms with van der Waals surface area (Å²) in [6, 6.07) is 5.60. The van der Waals surface area contributed by atoms with Gasteiger partial charge in [-0.05, 0) is 33.6 Å². The number of hydrogen-bond donors (Lipinski definition) is 1. The normalized spacial score (nSPS) is 15.4. The molecule has 1 fully saturated rings. The summed E-state index contributed by atoms with van der Waals surface area (Å²) >= 11 is 3.41. The van der Waals surface area contributed by atoms with Gasteiger partial charge >= 0.3 is 0 Å². The van der Waals surface area contributed by atoms with Crippen LogP contribution in [-0.4, -0.2) is 43.7 Å². The SMILES string of the molecule is NCc1ccc(OCC(=O)N2CCOCC2)c(Br)c1. The molecule has 0 atom stereocenters. The van der Waals surface area contributed by atoms with Gasteiger partial charge in [-0.25, -0.2) is 0 Å². The van der Waals surface area contributed by atoms with Gasteiger partial charge in [0.25, 0.3) is 5.91 Å². The molecule has 0 spiro atoms. The van der Waals surface area contributed by atoms with Gasteiger partial charge in [-0.3, -0.25) is 4.79 Å². The summed E-state index contributed by atoms with van der Waals surface area (Å²) in [7, 11) is 0. The first-order valence-corrected chi connectivity index (χ1v) is 6.97. The molecule has 1 aliphatic heterocycles. The third-order valence-corrected chi connectivity index (χ3v) is 3.57. The summed E-state index contributed by atoms with van der Waals surface area (Å²) in [4.78, 5) is 13.7. The van der Waals surface area contributed by atoms with Crippen molar-refractivity contribution in [2.45, 2.75) is 6.54 Å². The van der Waals surface area contributed by atoms with Gasteiger partial charge in [-0.1, -0.05) is 6.07 Å². The van der Waals surface area contributed by atoms with Crippen LogP contribution < -0.4 is 10.5 Å². The first-order valence-electron chi connectivity index (χ1n) is 6.17. The van der Waals surface area contributed by atoms with Crippen molar-refractivity contribution in [3.05, 3.63) is 28.2 Å². The molecule has 1 aromatic rings. The Labute approximate surface area is 120 Å². The second-order valence-electron chi connectivity index (χ2n) is 4.25. The Hall–Kier alpha value is -1.11. The average molecular weight is 329 g/mol. The van der Waals surface area contributed by atoms with E-state index in [1.54, 1.807) is 4.90 Å². The van der Waals surface area contributed by atoms with Gasteiger partial charge in [-0.15, -0.1) is 0 Å². The van der Waals surface area contributed by atoms with Crippen molar-refractivity contribution >= 4 is 21.8 Å². The molecule has 104 valence electrons. The number of benzene rings is 1. The molecular formula is C13H17BrN2O3. The van der Waals surface area contributed by atoms with E-state index in [0.717, 1.165) is 10.0 Å². The van der Waals surface area contributed by atoms with Crippen molar-refractivity contribution in [3.63, 3.8) is 0 Å². The van der Waals surface area contributed by atoms with Crippen LogP contribution in [0.25, 0.3) is 0 Å². The summed E-state index contributed by atoms with van der Waals surface area (Å²) in [5.41, 5.74) is 6.57. The highest BCUT2D eigenvalue weighted by Crippen LogP contribution is 2.25. The number of nitrogens with two attached hydrogens (primary N) is 1. The van der Waals surface area contributed by atoms with Gasteiger partial charge in [0, 0.05) is 19.6 Å².